The predicted molar refractivity (Wildman–Crippen MR) is 107 cm³/mol. The molecule has 0 bridgehead atoms. The molecule has 3 rings (SSSR count). The molecule has 2 aromatic carbocycles. The van der Waals surface area contributed by atoms with Crippen molar-refractivity contribution in [3.8, 4) is 5.75 Å². The van der Waals surface area contributed by atoms with Gasteiger partial charge in [-0.15, -0.1) is 0 Å². The topological polar surface area (TPSA) is 48.9 Å². The van der Waals surface area contributed by atoms with Gasteiger partial charge in [0.2, 0.25) is 0 Å². The minimum atomic E-state index is 0.681. The average Bonchev–Trinajstić information content (AvgIpc) is 2.70. The highest BCUT2D eigenvalue weighted by Crippen LogP contribution is 2.18. The summed E-state index contributed by atoms with van der Waals surface area (Å²) < 4.78 is 5.39. The summed E-state index contributed by atoms with van der Waals surface area (Å²) in [6, 6.07) is 16.8. The summed E-state index contributed by atoms with van der Waals surface area (Å²) in [5.74, 6) is 1.70. The molecule has 0 amide bonds. The molecule has 2 aromatic rings. The number of nitrogens with zero attached hydrogens (tertiary/aromatic N) is 2. The van der Waals surface area contributed by atoms with Crippen LogP contribution in [0.2, 0.25) is 0 Å². The van der Waals surface area contributed by atoms with Crippen molar-refractivity contribution in [1.82, 2.24) is 15.5 Å². The van der Waals surface area contributed by atoms with Crippen LogP contribution in [0.3, 0.4) is 0 Å². The summed E-state index contributed by atoms with van der Waals surface area (Å²) in [7, 11) is 3.50. The third-order valence-electron chi connectivity index (χ3n) is 4.79. The van der Waals surface area contributed by atoms with Gasteiger partial charge in [0.05, 0.1) is 7.11 Å². The SMILES string of the molecule is CN=C(NCCN1CCc2ccccc2C1)NCc1ccccc1OC. The number of fused-ring (bicyclic) bond motifs is 1. The zero-order chi connectivity index (χ0) is 18.2. The van der Waals surface area contributed by atoms with Crippen LogP contribution in [0.5, 0.6) is 5.75 Å². The lowest BCUT2D eigenvalue weighted by Gasteiger charge is -2.28. The summed E-state index contributed by atoms with van der Waals surface area (Å²) in [4.78, 5) is 6.80. The summed E-state index contributed by atoms with van der Waals surface area (Å²) in [5, 5.41) is 6.76. The van der Waals surface area contributed by atoms with E-state index in [0.29, 0.717) is 6.54 Å². The minimum absolute atomic E-state index is 0.681. The van der Waals surface area contributed by atoms with Crippen LogP contribution >= 0.6 is 0 Å². The molecule has 0 saturated heterocycles. The number of para-hydroxylation sites is 1. The Morgan fingerprint density at radius 2 is 1.85 bits per heavy atom. The van der Waals surface area contributed by atoms with Crippen LogP contribution in [0.15, 0.2) is 53.5 Å². The number of benzene rings is 2. The van der Waals surface area contributed by atoms with E-state index < -0.39 is 0 Å². The van der Waals surface area contributed by atoms with Crippen LogP contribution in [0.25, 0.3) is 0 Å². The van der Waals surface area contributed by atoms with Crippen molar-refractivity contribution in [2.24, 2.45) is 4.99 Å². The van der Waals surface area contributed by atoms with Gasteiger partial charge in [-0.25, -0.2) is 0 Å². The van der Waals surface area contributed by atoms with E-state index in [1.54, 1.807) is 14.2 Å². The summed E-state index contributed by atoms with van der Waals surface area (Å²) in [6.07, 6.45) is 1.14. The molecular formula is C21H28N4O. The van der Waals surface area contributed by atoms with E-state index in [1.807, 2.05) is 18.2 Å². The number of methoxy groups -OCH3 is 1. The highest BCUT2D eigenvalue weighted by molar-refractivity contribution is 5.79. The van der Waals surface area contributed by atoms with Crippen molar-refractivity contribution in [2.45, 2.75) is 19.5 Å². The standard InChI is InChI=1S/C21H28N4O/c1-22-21(24-15-18-8-5-6-10-20(18)26-2)23-12-14-25-13-11-17-7-3-4-9-19(17)16-25/h3-10H,11-16H2,1-2H3,(H2,22,23,24). The molecule has 138 valence electrons. The fraction of sp³-hybridized carbons (Fsp3) is 0.381. The first-order chi connectivity index (χ1) is 12.8. The van der Waals surface area contributed by atoms with Crippen molar-refractivity contribution >= 4 is 5.96 Å². The second-order valence-electron chi connectivity index (χ2n) is 6.46. The Kier molecular flexibility index (Phi) is 6.50. The number of rotatable bonds is 6. The second kappa shape index (κ2) is 9.25. The van der Waals surface area contributed by atoms with Crippen molar-refractivity contribution in [1.29, 1.82) is 0 Å². The van der Waals surface area contributed by atoms with E-state index in [-0.39, 0.29) is 0 Å². The maximum Gasteiger partial charge on any atom is 0.191 e. The Bertz CT molecular complexity index is 744. The van der Waals surface area contributed by atoms with Gasteiger partial charge in [-0.1, -0.05) is 42.5 Å². The molecule has 0 aliphatic carbocycles. The molecule has 1 aliphatic heterocycles. The lowest BCUT2D eigenvalue weighted by Crippen LogP contribution is -2.42. The highest BCUT2D eigenvalue weighted by atomic mass is 16.5. The highest BCUT2D eigenvalue weighted by Gasteiger charge is 2.15. The lowest BCUT2D eigenvalue weighted by atomic mass is 10.00. The smallest absolute Gasteiger partial charge is 0.191 e. The summed E-state index contributed by atoms with van der Waals surface area (Å²) in [6.45, 7) is 4.70. The molecule has 0 atom stereocenters. The van der Waals surface area contributed by atoms with E-state index in [4.69, 9.17) is 4.74 Å². The molecule has 2 N–H and O–H groups in total. The second-order valence-corrected chi connectivity index (χ2v) is 6.46. The third kappa shape index (κ3) is 4.76. The molecule has 0 radical (unpaired) electrons. The zero-order valence-corrected chi connectivity index (χ0v) is 15.7. The Morgan fingerprint density at radius 1 is 1.08 bits per heavy atom. The largest absolute Gasteiger partial charge is 0.496 e. The number of nitrogens with one attached hydrogen (secondary N) is 2. The Balaban J connectivity index is 1.44. The quantitative estimate of drug-likeness (QED) is 0.619. The van der Waals surface area contributed by atoms with Gasteiger partial charge in [0.1, 0.15) is 5.75 Å². The minimum Gasteiger partial charge on any atom is -0.496 e. The molecule has 1 aliphatic rings. The van der Waals surface area contributed by atoms with Crippen molar-refractivity contribution in [3.05, 3.63) is 65.2 Å². The first-order valence-electron chi connectivity index (χ1n) is 9.15. The number of ether oxygens (including phenoxy) is 1. The molecule has 26 heavy (non-hydrogen) atoms. The van der Waals surface area contributed by atoms with E-state index in [9.17, 15) is 0 Å². The monoisotopic (exact) mass is 352 g/mol. The molecule has 0 spiro atoms. The van der Waals surface area contributed by atoms with Gasteiger partial charge in [0.15, 0.2) is 5.96 Å². The predicted octanol–water partition coefficient (Wildman–Crippen LogP) is 2.42. The number of hydrogen-bond acceptors (Lipinski definition) is 3. The van der Waals surface area contributed by atoms with E-state index >= 15 is 0 Å². The zero-order valence-electron chi connectivity index (χ0n) is 15.7. The molecule has 5 heteroatoms. The summed E-state index contributed by atoms with van der Waals surface area (Å²) >= 11 is 0. The fourth-order valence-electron chi connectivity index (χ4n) is 3.33. The molecule has 0 aromatic heterocycles. The van der Waals surface area contributed by atoms with E-state index in [1.165, 1.54) is 11.1 Å². The van der Waals surface area contributed by atoms with Crippen LogP contribution in [0.1, 0.15) is 16.7 Å². The number of aliphatic imine (C=N–C) groups is 1. The Morgan fingerprint density at radius 3 is 2.65 bits per heavy atom. The first-order valence-corrected chi connectivity index (χ1v) is 9.15. The molecule has 1 heterocycles. The Labute approximate surface area is 156 Å². The maximum atomic E-state index is 5.39. The van der Waals surface area contributed by atoms with Gasteiger partial charge in [-0.2, -0.15) is 0 Å². The fourth-order valence-corrected chi connectivity index (χ4v) is 3.33. The van der Waals surface area contributed by atoms with Crippen molar-refractivity contribution in [3.63, 3.8) is 0 Å². The molecule has 0 saturated carbocycles. The van der Waals surface area contributed by atoms with Crippen LogP contribution in [0.4, 0.5) is 0 Å². The number of guanidine groups is 1. The van der Waals surface area contributed by atoms with Crippen molar-refractivity contribution in [2.75, 3.05) is 33.8 Å². The average molecular weight is 352 g/mol. The van der Waals surface area contributed by atoms with Gasteiger partial charge >= 0.3 is 0 Å². The van der Waals surface area contributed by atoms with Gasteiger partial charge < -0.3 is 15.4 Å². The molecule has 0 unspecified atom stereocenters. The Hall–Kier alpha value is -2.53. The van der Waals surface area contributed by atoms with Gasteiger partial charge in [0.25, 0.3) is 0 Å². The van der Waals surface area contributed by atoms with Crippen LogP contribution < -0.4 is 15.4 Å². The first kappa shape index (κ1) is 18.3. The van der Waals surface area contributed by atoms with Gasteiger partial charge in [-0.3, -0.25) is 9.89 Å². The van der Waals surface area contributed by atoms with E-state index in [0.717, 1.165) is 49.9 Å². The van der Waals surface area contributed by atoms with Crippen molar-refractivity contribution < 1.29 is 4.74 Å². The maximum absolute atomic E-state index is 5.39. The van der Waals surface area contributed by atoms with Crippen LogP contribution in [-0.2, 0) is 19.5 Å². The normalized spacial score (nSPS) is 14.6. The molecule has 0 fully saturated rings. The molecule has 5 nitrogen and oxygen atoms in total. The third-order valence-corrected chi connectivity index (χ3v) is 4.79. The summed E-state index contributed by atoms with van der Waals surface area (Å²) in [5.41, 5.74) is 4.06. The number of hydrogen-bond donors (Lipinski definition) is 2. The van der Waals surface area contributed by atoms with Crippen LogP contribution in [0, 0.1) is 0 Å². The van der Waals surface area contributed by atoms with Gasteiger partial charge in [-0.05, 0) is 23.6 Å². The molecular weight excluding hydrogens is 324 g/mol. The van der Waals surface area contributed by atoms with Crippen LogP contribution in [-0.4, -0.2) is 44.7 Å². The lowest BCUT2D eigenvalue weighted by molar-refractivity contribution is 0.258. The van der Waals surface area contributed by atoms with Gasteiger partial charge in [0, 0.05) is 45.3 Å². The van der Waals surface area contributed by atoms with E-state index in [2.05, 4.69) is 50.9 Å².